The zero-order valence-corrected chi connectivity index (χ0v) is 22.4. The van der Waals surface area contributed by atoms with Gasteiger partial charge in [0, 0.05) is 17.5 Å². The van der Waals surface area contributed by atoms with Crippen LogP contribution in [0.5, 0.6) is 0 Å². The fourth-order valence-electron chi connectivity index (χ4n) is 4.23. The van der Waals surface area contributed by atoms with Crippen molar-refractivity contribution in [3.8, 4) is 5.69 Å². The molecule has 0 saturated heterocycles. The van der Waals surface area contributed by atoms with Crippen LogP contribution in [0, 0.1) is 5.82 Å². The molecule has 0 unspecified atom stereocenters. The summed E-state index contributed by atoms with van der Waals surface area (Å²) in [4.78, 5) is 27.9. The van der Waals surface area contributed by atoms with Gasteiger partial charge in [0.1, 0.15) is 18.2 Å². The molecule has 36 heavy (non-hydrogen) atoms. The van der Waals surface area contributed by atoms with Gasteiger partial charge in [-0.1, -0.05) is 63.6 Å². The van der Waals surface area contributed by atoms with Gasteiger partial charge in [-0.2, -0.15) is 5.10 Å². The van der Waals surface area contributed by atoms with Gasteiger partial charge in [-0.15, -0.1) is 11.8 Å². The highest BCUT2D eigenvalue weighted by Crippen LogP contribution is 2.48. The molecule has 0 radical (unpaired) electrons. The fourth-order valence-corrected chi connectivity index (χ4v) is 5.64. The minimum atomic E-state index is -0.390. The molecule has 1 atom stereocenters. The summed E-state index contributed by atoms with van der Waals surface area (Å²) in [5, 5.41) is 8.05. The topological polar surface area (TPSA) is 67.2 Å². The molecule has 2 amide bonds. The molecule has 0 aliphatic carbocycles. The van der Waals surface area contributed by atoms with E-state index >= 15 is 0 Å². The number of anilines is 1. The Morgan fingerprint density at radius 3 is 2.53 bits per heavy atom. The number of benzene rings is 2. The van der Waals surface area contributed by atoms with Crippen LogP contribution in [-0.2, 0) is 15.0 Å². The maximum Gasteiger partial charge on any atom is 0.240 e. The van der Waals surface area contributed by atoms with E-state index in [9.17, 15) is 14.0 Å². The van der Waals surface area contributed by atoms with E-state index in [4.69, 9.17) is 16.7 Å². The minimum absolute atomic E-state index is 0.137. The first-order valence-corrected chi connectivity index (χ1v) is 13.4. The Morgan fingerprint density at radius 2 is 1.89 bits per heavy atom. The lowest BCUT2D eigenvalue weighted by Gasteiger charge is -2.24. The van der Waals surface area contributed by atoms with Crippen molar-refractivity contribution >= 4 is 41.0 Å². The van der Waals surface area contributed by atoms with Crippen molar-refractivity contribution in [2.24, 2.45) is 0 Å². The summed E-state index contributed by atoms with van der Waals surface area (Å²) < 4.78 is 15.5. The maximum absolute atomic E-state index is 13.8. The van der Waals surface area contributed by atoms with Crippen LogP contribution in [0.4, 0.5) is 10.2 Å². The van der Waals surface area contributed by atoms with Crippen molar-refractivity contribution in [3.05, 3.63) is 76.2 Å². The van der Waals surface area contributed by atoms with E-state index < -0.39 is 0 Å². The standard InChI is InChI=1S/C27H30ClFN4O2S/c1-5-14-30-21(34)15-32-22(35)16-36-24(17-10-12-18(29)13-11-17)23-25(27(2,3)4)31-33(26(23)32)20-9-7-6-8-19(20)28/h6-13,24H,5,14-16H2,1-4H3,(H,30,34)/t24-/m0/s1. The van der Waals surface area contributed by atoms with Crippen LogP contribution in [0.1, 0.15) is 56.2 Å². The SMILES string of the molecule is CCCNC(=O)CN1C(=O)CS[C@@H](c2ccc(F)cc2)c2c(C(C)(C)C)nn(-c3ccccc3Cl)c21. The molecule has 1 N–H and O–H groups in total. The largest absolute Gasteiger partial charge is 0.355 e. The Labute approximate surface area is 220 Å². The number of carbonyl (C=O) groups is 2. The second-order valence-electron chi connectivity index (χ2n) is 9.77. The van der Waals surface area contributed by atoms with Crippen LogP contribution >= 0.6 is 23.4 Å². The summed E-state index contributed by atoms with van der Waals surface area (Å²) in [5.41, 5.74) is 2.69. The van der Waals surface area contributed by atoms with Crippen molar-refractivity contribution in [1.29, 1.82) is 0 Å². The first-order valence-electron chi connectivity index (χ1n) is 11.9. The smallest absolute Gasteiger partial charge is 0.240 e. The van der Waals surface area contributed by atoms with Crippen molar-refractivity contribution in [3.63, 3.8) is 0 Å². The third-order valence-electron chi connectivity index (χ3n) is 5.93. The van der Waals surface area contributed by atoms with Crippen molar-refractivity contribution in [1.82, 2.24) is 15.1 Å². The van der Waals surface area contributed by atoms with Crippen LogP contribution in [-0.4, -0.2) is 40.4 Å². The van der Waals surface area contributed by atoms with Crippen molar-refractivity contribution in [2.75, 3.05) is 23.7 Å². The van der Waals surface area contributed by atoms with E-state index in [2.05, 4.69) is 26.1 Å². The average Bonchev–Trinajstić information content (AvgIpc) is 3.17. The van der Waals surface area contributed by atoms with E-state index in [-0.39, 0.29) is 40.6 Å². The highest BCUT2D eigenvalue weighted by Gasteiger charge is 2.40. The van der Waals surface area contributed by atoms with E-state index in [0.29, 0.717) is 23.1 Å². The second-order valence-corrected chi connectivity index (χ2v) is 11.3. The Bertz CT molecular complexity index is 1270. The van der Waals surface area contributed by atoms with E-state index in [1.54, 1.807) is 22.9 Å². The van der Waals surface area contributed by atoms with E-state index in [0.717, 1.165) is 23.2 Å². The number of hydrogen-bond acceptors (Lipinski definition) is 4. The predicted octanol–water partition coefficient (Wildman–Crippen LogP) is 5.66. The van der Waals surface area contributed by atoms with Gasteiger partial charge >= 0.3 is 0 Å². The fraction of sp³-hybridized carbons (Fsp3) is 0.370. The van der Waals surface area contributed by atoms with E-state index in [1.165, 1.54) is 28.8 Å². The molecule has 0 fully saturated rings. The quantitative estimate of drug-likeness (QED) is 0.448. The summed E-state index contributed by atoms with van der Waals surface area (Å²) in [6.45, 7) is 8.54. The van der Waals surface area contributed by atoms with E-state index in [1.807, 2.05) is 25.1 Å². The number of nitrogens with zero attached hydrogens (tertiary/aromatic N) is 3. The highest BCUT2D eigenvalue weighted by atomic mass is 35.5. The first-order chi connectivity index (χ1) is 17.1. The van der Waals surface area contributed by atoms with Crippen LogP contribution < -0.4 is 10.2 Å². The lowest BCUT2D eigenvalue weighted by molar-refractivity contribution is -0.122. The highest BCUT2D eigenvalue weighted by molar-refractivity contribution is 8.00. The molecule has 1 aliphatic heterocycles. The third-order valence-corrected chi connectivity index (χ3v) is 7.50. The van der Waals surface area contributed by atoms with Gasteiger partial charge in [0.15, 0.2) is 0 Å². The number of para-hydroxylation sites is 1. The molecule has 1 aliphatic rings. The monoisotopic (exact) mass is 528 g/mol. The molecule has 6 nitrogen and oxygen atoms in total. The number of carbonyl (C=O) groups excluding carboxylic acids is 2. The Hall–Kier alpha value is -2.84. The minimum Gasteiger partial charge on any atom is -0.355 e. The Morgan fingerprint density at radius 1 is 1.19 bits per heavy atom. The number of aromatic nitrogens is 2. The molecular formula is C27H30ClFN4O2S. The first kappa shape index (κ1) is 26.2. The van der Waals surface area contributed by atoms with Crippen LogP contribution in [0.2, 0.25) is 5.02 Å². The molecule has 2 heterocycles. The van der Waals surface area contributed by atoms with Gasteiger partial charge in [-0.3, -0.25) is 14.5 Å². The lowest BCUT2D eigenvalue weighted by atomic mass is 9.87. The number of hydrogen-bond donors (Lipinski definition) is 1. The van der Waals surface area contributed by atoms with Gasteiger partial charge in [0.25, 0.3) is 0 Å². The van der Waals surface area contributed by atoms with Crippen molar-refractivity contribution < 1.29 is 14.0 Å². The number of halogens is 2. The molecule has 0 bridgehead atoms. The molecule has 1 aromatic heterocycles. The summed E-state index contributed by atoms with van der Waals surface area (Å²) >= 11 is 8.06. The summed E-state index contributed by atoms with van der Waals surface area (Å²) in [6, 6.07) is 13.6. The number of rotatable bonds is 6. The molecule has 0 saturated carbocycles. The van der Waals surface area contributed by atoms with Gasteiger partial charge in [0.05, 0.1) is 27.4 Å². The molecule has 0 spiro atoms. The van der Waals surface area contributed by atoms with Crippen LogP contribution in [0.25, 0.3) is 5.69 Å². The van der Waals surface area contributed by atoms with Gasteiger partial charge in [-0.05, 0) is 36.2 Å². The zero-order valence-electron chi connectivity index (χ0n) is 20.8. The zero-order chi connectivity index (χ0) is 26.0. The maximum atomic E-state index is 13.8. The summed E-state index contributed by atoms with van der Waals surface area (Å²) in [6.07, 6.45) is 0.791. The van der Waals surface area contributed by atoms with Gasteiger partial charge in [-0.25, -0.2) is 9.07 Å². The molecule has 190 valence electrons. The predicted molar refractivity (Wildman–Crippen MR) is 144 cm³/mol. The Balaban J connectivity index is 2.00. The molecule has 9 heteroatoms. The number of fused-ring (bicyclic) bond motifs is 1. The molecular weight excluding hydrogens is 499 g/mol. The third kappa shape index (κ3) is 5.30. The number of amides is 2. The number of nitrogens with one attached hydrogen (secondary N) is 1. The summed E-state index contributed by atoms with van der Waals surface area (Å²) in [5.74, 6) is -0.101. The van der Waals surface area contributed by atoms with Crippen molar-refractivity contribution in [2.45, 2.75) is 44.8 Å². The van der Waals surface area contributed by atoms with Gasteiger partial charge < -0.3 is 5.32 Å². The molecule has 2 aromatic carbocycles. The average molecular weight is 529 g/mol. The summed E-state index contributed by atoms with van der Waals surface area (Å²) in [7, 11) is 0. The second kappa shape index (κ2) is 10.6. The molecule has 4 rings (SSSR count). The number of thioether (sulfide) groups is 1. The Kier molecular flexibility index (Phi) is 7.76. The normalized spacial score (nSPS) is 16.0. The lowest BCUT2D eigenvalue weighted by Crippen LogP contribution is -2.42. The van der Waals surface area contributed by atoms with Crippen LogP contribution in [0.3, 0.4) is 0 Å². The van der Waals surface area contributed by atoms with Gasteiger partial charge in [0.2, 0.25) is 11.8 Å². The molecule has 3 aromatic rings. The van der Waals surface area contributed by atoms with Crippen LogP contribution in [0.15, 0.2) is 48.5 Å².